The number of hydrogen-bond acceptors (Lipinski definition) is 3. The van der Waals surface area contributed by atoms with Crippen molar-refractivity contribution in [2.75, 3.05) is 0 Å². The molecule has 2 aromatic heterocycles. The molecule has 1 N–H and O–H groups in total. The Labute approximate surface area is 119 Å². The van der Waals surface area contributed by atoms with E-state index in [0.717, 1.165) is 11.0 Å². The predicted molar refractivity (Wildman–Crippen MR) is 77.5 cm³/mol. The Hall–Kier alpha value is -2.89. The molecule has 1 aromatic carbocycles. The number of nitrogens with zero attached hydrogens (tertiary/aromatic N) is 3. The molecular weight excluding hydrogens is 270 g/mol. The van der Waals surface area contributed by atoms with E-state index < -0.39 is 5.97 Å². The fourth-order valence-electron chi connectivity index (χ4n) is 2.36. The van der Waals surface area contributed by atoms with Gasteiger partial charge in [0.05, 0.1) is 23.3 Å². The van der Waals surface area contributed by atoms with Crippen LogP contribution in [-0.2, 0) is 13.6 Å². The Morgan fingerprint density at radius 1 is 1.14 bits per heavy atom. The number of para-hydroxylation sites is 2. The van der Waals surface area contributed by atoms with Crippen LogP contribution in [0.15, 0.2) is 47.3 Å². The smallest absolute Gasteiger partial charge is 0.354 e. The summed E-state index contributed by atoms with van der Waals surface area (Å²) in [6.07, 6.45) is 0. The normalized spacial score (nSPS) is 10.9. The van der Waals surface area contributed by atoms with Gasteiger partial charge in [-0.15, -0.1) is 0 Å². The van der Waals surface area contributed by atoms with E-state index >= 15 is 0 Å². The second kappa shape index (κ2) is 4.90. The number of aromatic carboxylic acids is 1. The van der Waals surface area contributed by atoms with Gasteiger partial charge in [0.2, 0.25) is 0 Å². The minimum Gasteiger partial charge on any atom is -0.477 e. The largest absolute Gasteiger partial charge is 0.477 e. The highest BCUT2D eigenvalue weighted by Crippen LogP contribution is 2.13. The molecule has 0 amide bonds. The summed E-state index contributed by atoms with van der Waals surface area (Å²) in [5, 5.41) is 8.97. The van der Waals surface area contributed by atoms with Gasteiger partial charge in [0.15, 0.2) is 0 Å². The molecule has 6 nitrogen and oxygen atoms in total. The zero-order valence-corrected chi connectivity index (χ0v) is 11.4. The summed E-state index contributed by atoms with van der Waals surface area (Å²) in [6.45, 7) is 0.237. The van der Waals surface area contributed by atoms with Crippen molar-refractivity contribution in [3.8, 4) is 0 Å². The van der Waals surface area contributed by atoms with Gasteiger partial charge in [0.25, 0.3) is 0 Å². The average Bonchev–Trinajstić information content (AvgIpc) is 2.73. The maximum absolute atomic E-state index is 12.3. The molecule has 0 saturated carbocycles. The molecule has 0 aliphatic carbocycles. The second-order valence-electron chi connectivity index (χ2n) is 4.74. The number of carboxylic acid groups (broad SMARTS) is 1. The number of carboxylic acids is 1. The minimum atomic E-state index is -1.08. The van der Waals surface area contributed by atoms with E-state index in [1.165, 1.54) is 6.07 Å². The van der Waals surface area contributed by atoms with Crippen molar-refractivity contribution in [1.29, 1.82) is 0 Å². The summed E-state index contributed by atoms with van der Waals surface area (Å²) in [7, 11) is 1.71. The molecule has 3 aromatic rings. The SMILES string of the molecule is Cn1c(=O)n(Cc2cccc(C(=O)O)n2)c2ccccc21. The molecule has 2 heterocycles. The molecule has 0 unspecified atom stereocenters. The van der Waals surface area contributed by atoms with Gasteiger partial charge in [-0.2, -0.15) is 0 Å². The highest BCUT2D eigenvalue weighted by atomic mass is 16.4. The Balaban J connectivity index is 2.10. The number of aryl methyl sites for hydroxylation is 1. The van der Waals surface area contributed by atoms with Crippen molar-refractivity contribution in [3.05, 3.63) is 64.3 Å². The number of carbonyl (C=O) groups is 1. The highest BCUT2D eigenvalue weighted by molar-refractivity contribution is 5.85. The molecule has 0 spiro atoms. The third kappa shape index (κ3) is 2.20. The first-order valence-electron chi connectivity index (χ1n) is 6.41. The Morgan fingerprint density at radius 3 is 2.57 bits per heavy atom. The van der Waals surface area contributed by atoms with Gasteiger partial charge in [0.1, 0.15) is 5.69 Å². The number of benzene rings is 1. The number of rotatable bonds is 3. The van der Waals surface area contributed by atoms with Gasteiger partial charge in [-0.25, -0.2) is 14.6 Å². The quantitative estimate of drug-likeness (QED) is 0.790. The van der Waals surface area contributed by atoms with Gasteiger partial charge < -0.3 is 5.11 Å². The summed E-state index contributed by atoms with van der Waals surface area (Å²) in [5.74, 6) is -1.08. The molecule has 6 heteroatoms. The lowest BCUT2D eigenvalue weighted by Crippen LogP contribution is -2.23. The molecule has 0 saturated heterocycles. The van der Waals surface area contributed by atoms with Crippen LogP contribution in [0.3, 0.4) is 0 Å². The summed E-state index contributed by atoms with van der Waals surface area (Å²) >= 11 is 0. The first kappa shape index (κ1) is 13.1. The lowest BCUT2D eigenvalue weighted by atomic mass is 10.3. The monoisotopic (exact) mass is 283 g/mol. The van der Waals surface area contributed by atoms with E-state index in [1.807, 2.05) is 24.3 Å². The van der Waals surface area contributed by atoms with Gasteiger partial charge in [-0.1, -0.05) is 18.2 Å². The van der Waals surface area contributed by atoms with Crippen LogP contribution in [0.1, 0.15) is 16.2 Å². The summed E-state index contributed by atoms with van der Waals surface area (Å²) in [5.41, 5.74) is 1.98. The molecule has 21 heavy (non-hydrogen) atoms. The van der Waals surface area contributed by atoms with E-state index in [4.69, 9.17) is 5.11 Å². The Morgan fingerprint density at radius 2 is 1.86 bits per heavy atom. The standard InChI is InChI=1S/C15H13N3O3/c1-17-12-7-2-3-8-13(12)18(15(17)21)9-10-5-4-6-11(16-10)14(19)20/h2-8H,9H2,1H3,(H,19,20). The topological polar surface area (TPSA) is 77.1 Å². The number of fused-ring (bicyclic) bond motifs is 1. The van der Waals surface area contributed by atoms with Gasteiger partial charge >= 0.3 is 11.7 Å². The van der Waals surface area contributed by atoms with Crippen molar-refractivity contribution in [2.45, 2.75) is 6.54 Å². The van der Waals surface area contributed by atoms with Crippen LogP contribution in [0.5, 0.6) is 0 Å². The van der Waals surface area contributed by atoms with E-state index in [1.54, 1.807) is 28.3 Å². The fraction of sp³-hybridized carbons (Fsp3) is 0.133. The summed E-state index contributed by atoms with van der Waals surface area (Å²) in [4.78, 5) is 27.3. The molecule has 3 rings (SSSR count). The van der Waals surface area contributed by atoms with Crippen molar-refractivity contribution in [1.82, 2.24) is 14.1 Å². The van der Waals surface area contributed by atoms with Gasteiger partial charge in [-0.05, 0) is 24.3 Å². The van der Waals surface area contributed by atoms with Crippen molar-refractivity contribution >= 4 is 17.0 Å². The number of pyridine rings is 1. The van der Waals surface area contributed by atoms with E-state index in [0.29, 0.717) is 5.69 Å². The van der Waals surface area contributed by atoms with E-state index in [-0.39, 0.29) is 17.9 Å². The van der Waals surface area contributed by atoms with Crippen LogP contribution >= 0.6 is 0 Å². The fourth-order valence-corrected chi connectivity index (χ4v) is 2.36. The van der Waals surface area contributed by atoms with Crippen LogP contribution in [0.25, 0.3) is 11.0 Å². The molecule has 0 fully saturated rings. The lowest BCUT2D eigenvalue weighted by molar-refractivity contribution is 0.0690. The first-order chi connectivity index (χ1) is 10.1. The Kier molecular flexibility index (Phi) is 3.06. The van der Waals surface area contributed by atoms with Gasteiger partial charge in [0, 0.05) is 7.05 Å². The number of hydrogen-bond donors (Lipinski definition) is 1. The zero-order valence-electron chi connectivity index (χ0n) is 11.4. The third-order valence-corrected chi connectivity index (χ3v) is 3.40. The molecule has 0 aliphatic heterocycles. The van der Waals surface area contributed by atoms with Crippen molar-refractivity contribution in [2.24, 2.45) is 7.05 Å². The van der Waals surface area contributed by atoms with E-state index in [9.17, 15) is 9.59 Å². The van der Waals surface area contributed by atoms with E-state index in [2.05, 4.69) is 4.98 Å². The summed E-state index contributed by atoms with van der Waals surface area (Å²) in [6, 6.07) is 12.2. The van der Waals surface area contributed by atoms with Crippen LogP contribution in [0.4, 0.5) is 0 Å². The second-order valence-corrected chi connectivity index (χ2v) is 4.74. The molecule has 0 aliphatic rings. The van der Waals surface area contributed by atoms with Crippen LogP contribution in [0, 0.1) is 0 Å². The zero-order chi connectivity index (χ0) is 15.0. The maximum atomic E-state index is 12.3. The predicted octanol–water partition coefficient (Wildman–Crippen LogP) is 1.48. The third-order valence-electron chi connectivity index (χ3n) is 3.40. The molecular formula is C15H13N3O3. The van der Waals surface area contributed by atoms with Gasteiger partial charge in [-0.3, -0.25) is 9.13 Å². The van der Waals surface area contributed by atoms with Crippen molar-refractivity contribution < 1.29 is 9.90 Å². The summed E-state index contributed by atoms with van der Waals surface area (Å²) < 4.78 is 3.15. The first-order valence-corrected chi connectivity index (χ1v) is 6.41. The Bertz CT molecular complexity index is 893. The molecule has 106 valence electrons. The number of aromatic nitrogens is 3. The lowest BCUT2D eigenvalue weighted by Gasteiger charge is -2.04. The average molecular weight is 283 g/mol. The number of imidazole rings is 1. The highest BCUT2D eigenvalue weighted by Gasteiger charge is 2.12. The van der Waals surface area contributed by atoms with Crippen LogP contribution < -0.4 is 5.69 Å². The molecule has 0 atom stereocenters. The van der Waals surface area contributed by atoms with Crippen LogP contribution in [0.2, 0.25) is 0 Å². The molecule has 0 bridgehead atoms. The van der Waals surface area contributed by atoms with Crippen LogP contribution in [-0.4, -0.2) is 25.2 Å². The molecule has 0 radical (unpaired) electrons. The maximum Gasteiger partial charge on any atom is 0.354 e. The minimum absolute atomic E-state index is 0.0271. The van der Waals surface area contributed by atoms with Crippen molar-refractivity contribution in [3.63, 3.8) is 0 Å².